The van der Waals surface area contributed by atoms with E-state index < -0.39 is 0 Å². The first-order chi connectivity index (χ1) is 13.7. The monoisotopic (exact) mass is 384 g/mol. The highest BCUT2D eigenvalue weighted by atomic mass is 16.2. The quantitative estimate of drug-likeness (QED) is 0.759. The van der Waals surface area contributed by atoms with Gasteiger partial charge in [-0.2, -0.15) is 0 Å². The zero-order valence-corrected chi connectivity index (χ0v) is 16.9. The van der Waals surface area contributed by atoms with Gasteiger partial charge in [0.25, 0.3) is 5.91 Å². The van der Waals surface area contributed by atoms with Crippen molar-refractivity contribution in [1.29, 1.82) is 0 Å². The first-order valence-corrected chi connectivity index (χ1v) is 10.7. The van der Waals surface area contributed by atoms with E-state index in [1.807, 2.05) is 17.9 Å². The molecule has 3 heterocycles. The Bertz CT molecular complexity index is 708. The van der Waals surface area contributed by atoms with Gasteiger partial charge in [0.2, 0.25) is 0 Å². The summed E-state index contributed by atoms with van der Waals surface area (Å²) in [5, 5.41) is 3.45. The first-order valence-electron chi connectivity index (χ1n) is 10.7. The molecule has 152 valence electrons. The third kappa shape index (κ3) is 3.94. The lowest BCUT2D eigenvalue weighted by Gasteiger charge is -2.41. The molecule has 6 nitrogen and oxygen atoms in total. The van der Waals surface area contributed by atoms with Crippen LogP contribution in [0.2, 0.25) is 0 Å². The van der Waals surface area contributed by atoms with Gasteiger partial charge in [0, 0.05) is 62.5 Å². The van der Waals surface area contributed by atoms with Crippen LogP contribution in [0.4, 0.5) is 5.69 Å². The van der Waals surface area contributed by atoms with Crippen LogP contribution in [-0.4, -0.2) is 73.3 Å². The molecule has 0 bridgehead atoms. The Hall–Kier alpha value is -1.92. The standard InChI is InChI=1S/C22H32N4O2/c1-17(3-2-14-27)26-16-18-15-20(4-5-21(18)22(26)28)25-12-10-24(11-13-25)19-6-8-23-9-7-19/h4-5,14-15,17,19,23H,2-3,6-13,16H2,1H3. The number of nitrogens with zero attached hydrogens (tertiary/aromatic N) is 3. The third-order valence-corrected chi connectivity index (χ3v) is 6.66. The molecule has 0 saturated carbocycles. The molecule has 3 aliphatic heterocycles. The Morgan fingerprint density at radius 2 is 1.93 bits per heavy atom. The second-order valence-corrected chi connectivity index (χ2v) is 8.37. The fourth-order valence-corrected chi connectivity index (χ4v) is 4.86. The van der Waals surface area contributed by atoms with Crippen LogP contribution in [0.5, 0.6) is 0 Å². The summed E-state index contributed by atoms with van der Waals surface area (Å²) in [5.41, 5.74) is 3.19. The van der Waals surface area contributed by atoms with Crippen molar-refractivity contribution in [3.05, 3.63) is 29.3 Å². The number of fused-ring (bicyclic) bond motifs is 1. The summed E-state index contributed by atoms with van der Waals surface area (Å²) >= 11 is 0. The van der Waals surface area contributed by atoms with Gasteiger partial charge in [-0.05, 0) is 63.0 Å². The minimum atomic E-state index is 0.0991. The Morgan fingerprint density at radius 1 is 1.18 bits per heavy atom. The molecule has 2 saturated heterocycles. The number of rotatable bonds is 6. The lowest BCUT2D eigenvalue weighted by Crippen LogP contribution is -2.52. The van der Waals surface area contributed by atoms with E-state index in [9.17, 15) is 9.59 Å². The number of piperazine rings is 1. The topological polar surface area (TPSA) is 55.9 Å². The average molecular weight is 385 g/mol. The average Bonchev–Trinajstić information content (AvgIpc) is 3.09. The Balaban J connectivity index is 1.38. The van der Waals surface area contributed by atoms with Crippen molar-refractivity contribution in [2.75, 3.05) is 44.2 Å². The van der Waals surface area contributed by atoms with Gasteiger partial charge < -0.3 is 19.9 Å². The van der Waals surface area contributed by atoms with Crippen molar-refractivity contribution < 1.29 is 9.59 Å². The number of benzene rings is 1. The number of aldehydes is 1. The summed E-state index contributed by atoms with van der Waals surface area (Å²) in [7, 11) is 0. The van der Waals surface area contributed by atoms with E-state index in [1.165, 1.54) is 18.5 Å². The zero-order chi connectivity index (χ0) is 19.5. The van der Waals surface area contributed by atoms with Crippen molar-refractivity contribution in [2.24, 2.45) is 0 Å². The summed E-state index contributed by atoms with van der Waals surface area (Å²) in [4.78, 5) is 30.4. The Labute approximate surface area is 167 Å². The number of hydrogen-bond acceptors (Lipinski definition) is 5. The van der Waals surface area contributed by atoms with Crippen molar-refractivity contribution >= 4 is 17.9 Å². The van der Waals surface area contributed by atoms with E-state index in [-0.39, 0.29) is 11.9 Å². The molecular formula is C22H32N4O2. The molecule has 1 unspecified atom stereocenters. The van der Waals surface area contributed by atoms with Gasteiger partial charge >= 0.3 is 0 Å². The number of piperidine rings is 1. The normalized spacial score (nSPS) is 22.4. The van der Waals surface area contributed by atoms with Crippen molar-refractivity contribution in [3.8, 4) is 0 Å². The number of carbonyl (C=O) groups excluding carboxylic acids is 2. The van der Waals surface area contributed by atoms with Crippen LogP contribution in [-0.2, 0) is 11.3 Å². The number of hydrogen-bond donors (Lipinski definition) is 1. The van der Waals surface area contributed by atoms with Gasteiger partial charge in [0.15, 0.2) is 0 Å². The molecule has 3 aliphatic rings. The molecule has 1 aromatic rings. The zero-order valence-electron chi connectivity index (χ0n) is 16.9. The van der Waals surface area contributed by atoms with Gasteiger partial charge in [0.1, 0.15) is 6.29 Å². The van der Waals surface area contributed by atoms with Gasteiger partial charge in [-0.15, -0.1) is 0 Å². The molecule has 1 atom stereocenters. The van der Waals surface area contributed by atoms with Crippen LogP contribution in [0.1, 0.15) is 48.5 Å². The number of nitrogens with one attached hydrogen (secondary N) is 1. The minimum absolute atomic E-state index is 0.0991. The maximum atomic E-state index is 12.7. The molecule has 1 amide bonds. The lowest BCUT2D eigenvalue weighted by atomic mass is 10.0. The number of amides is 1. The van der Waals surface area contributed by atoms with Crippen molar-refractivity contribution in [3.63, 3.8) is 0 Å². The van der Waals surface area contributed by atoms with E-state index >= 15 is 0 Å². The highest BCUT2D eigenvalue weighted by Crippen LogP contribution is 2.30. The molecule has 0 radical (unpaired) electrons. The highest BCUT2D eigenvalue weighted by Gasteiger charge is 2.31. The van der Waals surface area contributed by atoms with Crippen LogP contribution >= 0.6 is 0 Å². The van der Waals surface area contributed by atoms with Crippen LogP contribution in [0.3, 0.4) is 0 Å². The van der Waals surface area contributed by atoms with E-state index in [4.69, 9.17) is 0 Å². The Kier molecular flexibility index (Phi) is 5.97. The predicted octanol–water partition coefficient (Wildman–Crippen LogP) is 1.88. The summed E-state index contributed by atoms with van der Waals surface area (Å²) in [6, 6.07) is 7.15. The maximum Gasteiger partial charge on any atom is 0.254 e. The predicted molar refractivity (Wildman–Crippen MR) is 111 cm³/mol. The van der Waals surface area contributed by atoms with E-state index in [0.717, 1.165) is 69.1 Å². The second-order valence-electron chi connectivity index (χ2n) is 8.37. The smallest absolute Gasteiger partial charge is 0.254 e. The summed E-state index contributed by atoms with van der Waals surface area (Å²) < 4.78 is 0. The molecular weight excluding hydrogens is 352 g/mol. The summed E-state index contributed by atoms with van der Waals surface area (Å²) in [6.45, 7) is 9.33. The molecule has 6 heteroatoms. The van der Waals surface area contributed by atoms with Crippen LogP contribution in [0.15, 0.2) is 18.2 Å². The molecule has 4 rings (SSSR count). The first kappa shape index (κ1) is 19.4. The van der Waals surface area contributed by atoms with E-state index in [0.29, 0.717) is 13.0 Å². The van der Waals surface area contributed by atoms with E-state index in [2.05, 4.69) is 27.2 Å². The fourth-order valence-electron chi connectivity index (χ4n) is 4.86. The minimum Gasteiger partial charge on any atom is -0.369 e. The highest BCUT2D eigenvalue weighted by molar-refractivity contribution is 5.99. The van der Waals surface area contributed by atoms with Gasteiger partial charge in [-0.1, -0.05) is 0 Å². The van der Waals surface area contributed by atoms with Crippen LogP contribution < -0.4 is 10.2 Å². The molecule has 28 heavy (non-hydrogen) atoms. The third-order valence-electron chi connectivity index (χ3n) is 6.66. The van der Waals surface area contributed by atoms with Crippen molar-refractivity contribution in [1.82, 2.24) is 15.1 Å². The van der Waals surface area contributed by atoms with E-state index in [1.54, 1.807) is 0 Å². The second kappa shape index (κ2) is 8.62. The number of carbonyl (C=O) groups is 2. The molecule has 2 fully saturated rings. The maximum absolute atomic E-state index is 12.7. The van der Waals surface area contributed by atoms with Gasteiger partial charge in [-0.25, -0.2) is 0 Å². The van der Waals surface area contributed by atoms with Crippen molar-refractivity contribution in [2.45, 2.75) is 51.2 Å². The lowest BCUT2D eigenvalue weighted by molar-refractivity contribution is -0.108. The molecule has 1 N–H and O–H groups in total. The van der Waals surface area contributed by atoms with Crippen LogP contribution in [0.25, 0.3) is 0 Å². The van der Waals surface area contributed by atoms with Crippen LogP contribution in [0, 0.1) is 0 Å². The van der Waals surface area contributed by atoms with Gasteiger partial charge in [-0.3, -0.25) is 9.69 Å². The Morgan fingerprint density at radius 3 is 2.64 bits per heavy atom. The number of anilines is 1. The summed E-state index contributed by atoms with van der Waals surface area (Å²) in [5.74, 6) is 0.107. The molecule has 1 aromatic carbocycles. The summed E-state index contributed by atoms with van der Waals surface area (Å²) in [6.07, 6.45) is 4.70. The SMILES string of the molecule is CC(CCC=O)N1Cc2cc(N3CCN(C4CCNCC4)CC3)ccc2C1=O. The van der Waals surface area contributed by atoms with Gasteiger partial charge in [0.05, 0.1) is 0 Å². The molecule has 0 spiro atoms. The molecule has 0 aliphatic carbocycles. The largest absolute Gasteiger partial charge is 0.369 e. The molecule has 0 aromatic heterocycles. The fraction of sp³-hybridized carbons (Fsp3) is 0.636.